The zero-order valence-electron chi connectivity index (χ0n) is 11.8. The summed E-state index contributed by atoms with van der Waals surface area (Å²) in [4.78, 5) is 11.7. The number of phenols is 2. The van der Waals surface area contributed by atoms with Gasteiger partial charge in [-0.1, -0.05) is 0 Å². The molecule has 0 saturated heterocycles. The molecule has 0 saturated carbocycles. The minimum atomic E-state index is -0.259. The van der Waals surface area contributed by atoms with Crippen molar-refractivity contribution in [2.75, 3.05) is 6.54 Å². The summed E-state index contributed by atoms with van der Waals surface area (Å²) in [5.41, 5.74) is 0.465. The van der Waals surface area contributed by atoms with Gasteiger partial charge in [-0.15, -0.1) is 0 Å². The van der Waals surface area contributed by atoms with Gasteiger partial charge in [0.1, 0.15) is 11.5 Å². The molecule has 106 valence electrons. The van der Waals surface area contributed by atoms with E-state index in [0.717, 1.165) is 5.56 Å². The van der Waals surface area contributed by atoms with Gasteiger partial charge < -0.3 is 20.8 Å². The first-order valence-corrected chi connectivity index (χ1v) is 6.25. The van der Waals surface area contributed by atoms with E-state index in [1.807, 2.05) is 27.7 Å². The topological polar surface area (TPSA) is 81.6 Å². The van der Waals surface area contributed by atoms with Gasteiger partial charge in [0.25, 0.3) is 0 Å². The molecule has 1 unspecified atom stereocenters. The first kappa shape index (κ1) is 15.3. The molecule has 4 N–H and O–H groups in total. The van der Waals surface area contributed by atoms with E-state index in [2.05, 4.69) is 10.6 Å². The second-order valence-corrected chi connectivity index (χ2v) is 5.68. The molecule has 1 atom stereocenters. The van der Waals surface area contributed by atoms with Gasteiger partial charge in [0.2, 0.25) is 5.91 Å². The van der Waals surface area contributed by atoms with Crippen molar-refractivity contribution in [3.05, 3.63) is 23.8 Å². The van der Waals surface area contributed by atoms with Crippen LogP contribution in [0.3, 0.4) is 0 Å². The van der Waals surface area contributed by atoms with Crippen LogP contribution in [0.2, 0.25) is 0 Å². The van der Waals surface area contributed by atoms with E-state index in [9.17, 15) is 15.0 Å². The Morgan fingerprint density at radius 1 is 1.21 bits per heavy atom. The van der Waals surface area contributed by atoms with Crippen molar-refractivity contribution >= 4 is 5.91 Å². The Kier molecular flexibility index (Phi) is 4.78. The van der Waals surface area contributed by atoms with Crippen LogP contribution in [0.25, 0.3) is 0 Å². The molecule has 0 aliphatic carbocycles. The van der Waals surface area contributed by atoms with Crippen molar-refractivity contribution in [3.63, 3.8) is 0 Å². The van der Waals surface area contributed by atoms with E-state index in [4.69, 9.17) is 0 Å². The third-order valence-electron chi connectivity index (χ3n) is 2.51. The summed E-state index contributed by atoms with van der Waals surface area (Å²) in [5, 5.41) is 24.7. The lowest BCUT2D eigenvalue weighted by atomic mass is 10.1. The zero-order valence-corrected chi connectivity index (χ0v) is 11.8. The maximum absolute atomic E-state index is 11.7. The molecule has 0 aliphatic heterocycles. The van der Waals surface area contributed by atoms with Crippen LogP contribution in [0.1, 0.15) is 39.3 Å². The molecule has 0 bridgehead atoms. The van der Waals surface area contributed by atoms with Gasteiger partial charge in [0.05, 0.1) is 6.54 Å². The number of nitrogens with one attached hydrogen (secondary N) is 2. The summed E-state index contributed by atoms with van der Waals surface area (Å²) in [6.45, 7) is 7.79. The lowest BCUT2D eigenvalue weighted by Crippen LogP contribution is -2.45. The molecular weight excluding hydrogens is 244 g/mol. The fourth-order valence-corrected chi connectivity index (χ4v) is 1.69. The van der Waals surface area contributed by atoms with E-state index in [1.54, 1.807) is 12.1 Å². The third kappa shape index (κ3) is 5.61. The van der Waals surface area contributed by atoms with Gasteiger partial charge in [-0.3, -0.25) is 4.79 Å². The van der Waals surface area contributed by atoms with Crippen molar-refractivity contribution < 1.29 is 15.0 Å². The lowest BCUT2D eigenvalue weighted by Gasteiger charge is -2.22. The van der Waals surface area contributed by atoms with Gasteiger partial charge >= 0.3 is 0 Å². The molecule has 1 amide bonds. The second kappa shape index (κ2) is 5.93. The van der Waals surface area contributed by atoms with Crippen LogP contribution in [0.5, 0.6) is 11.5 Å². The molecule has 0 aliphatic rings. The molecule has 0 aromatic heterocycles. The molecule has 1 rings (SSSR count). The van der Waals surface area contributed by atoms with Crippen LogP contribution in [-0.4, -0.2) is 28.2 Å². The van der Waals surface area contributed by atoms with E-state index in [0.29, 0.717) is 0 Å². The quantitative estimate of drug-likeness (QED) is 0.668. The molecule has 19 heavy (non-hydrogen) atoms. The molecule has 0 fully saturated rings. The van der Waals surface area contributed by atoms with E-state index in [-0.39, 0.29) is 35.5 Å². The lowest BCUT2D eigenvalue weighted by molar-refractivity contribution is -0.121. The molecule has 0 radical (unpaired) electrons. The molecule has 0 heterocycles. The summed E-state index contributed by atoms with van der Waals surface area (Å²) in [7, 11) is 0. The summed E-state index contributed by atoms with van der Waals surface area (Å²) in [6.07, 6.45) is 0. The Morgan fingerprint density at radius 3 is 2.21 bits per heavy atom. The standard InChI is InChI=1S/C14H22N2O3/c1-9(10-5-11(17)7-12(18)6-10)15-8-13(19)16-14(2,3)4/h5-7,9,15,17-18H,8H2,1-4H3,(H,16,19). The van der Waals surface area contributed by atoms with Crippen molar-refractivity contribution in [2.24, 2.45) is 0 Å². The monoisotopic (exact) mass is 266 g/mol. The number of rotatable bonds is 4. The van der Waals surface area contributed by atoms with E-state index < -0.39 is 0 Å². The van der Waals surface area contributed by atoms with Gasteiger partial charge in [0.15, 0.2) is 0 Å². The minimum Gasteiger partial charge on any atom is -0.508 e. The highest BCUT2D eigenvalue weighted by Gasteiger charge is 2.15. The third-order valence-corrected chi connectivity index (χ3v) is 2.51. The van der Waals surface area contributed by atoms with Gasteiger partial charge in [-0.05, 0) is 45.4 Å². The average molecular weight is 266 g/mol. The number of aromatic hydroxyl groups is 2. The maximum atomic E-state index is 11.7. The number of amides is 1. The fraction of sp³-hybridized carbons (Fsp3) is 0.500. The van der Waals surface area contributed by atoms with Crippen molar-refractivity contribution in [2.45, 2.75) is 39.3 Å². The van der Waals surface area contributed by atoms with Crippen LogP contribution in [0, 0.1) is 0 Å². The number of phenolic OH excluding ortho intramolecular Hbond substituents is 2. The van der Waals surface area contributed by atoms with Crippen LogP contribution >= 0.6 is 0 Å². The predicted molar refractivity (Wildman–Crippen MR) is 74.1 cm³/mol. The largest absolute Gasteiger partial charge is 0.508 e. The van der Waals surface area contributed by atoms with E-state index >= 15 is 0 Å². The van der Waals surface area contributed by atoms with Gasteiger partial charge in [-0.2, -0.15) is 0 Å². The van der Waals surface area contributed by atoms with Crippen LogP contribution in [0.15, 0.2) is 18.2 Å². The Bertz CT molecular complexity index is 432. The summed E-state index contributed by atoms with van der Waals surface area (Å²) >= 11 is 0. The first-order valence-electron chi connectivity index (χ1n) is 6.25. The molecular formula is C14H22N2O3. The average Bonchev–Trinajstić information content (AvgIpc) is 2.22. The van der Waals surface area contributed by atoms with Crippen molar-refractivity contribution in [1.82, 2.24) is 10.6 Å². The molecule has 1 aromatic rings. The maximum Gasteiger partial charge on any atom is 0.234 e. The number of carbonyl (C=O) groups excluding carboxylic acids is 1. The predicted octanol–water partition coefficient (Wildman–Crippen LogP) is 1.66. The fourth-order valence-electron chi connectivity index (χ4n) is 1.69. The number of benzene rings is 1. The highest BCUT2D eigenvalue weighted by atomic mass is 16.3. The van der Waals surface area contributed by atoms with E-state index in [1.165, 1.54) is 6.07 Å². The first-order chi connectivity index (χ1) is 8.67. The summed E-state index contributed by atoms with van der Waals surface area (Å²) in [5.74, 6) is -0.0886. The second-order valence-electron chi connectivity index (χ2n) is 5.68. The minimum absolute atomic E-state index is 0.00259. The normalized spacial score (nSPS) is 13.1. The Balaban J connectivity index is 2.56. The highest BCUT2D eigenvalue weighted by molar-refractivity contribution is 5.78. The highest BCUT2D eigenvalue weighted by Crippen LogP contribution is 2.24. The van der Waals surface area contributed by atoms with Crippen LogP contribution < -0.4 is 10.6 Å². The zero-order chi connectivity index (χ0) is 14.6. The number of carbonyl (C=O) groups is 1. The number of hydrogen-bond acceptors (Lipinski definition) is 4. The molecule has 0 spiro atoms. The summed E-state index contributed by atoms with van der Waals surface area (Å²) < 4.78 is 0. The SMILES string of the molecule is CC(NCC(=O)NC(C)(C)C)c1cc(O)cc(O)c1. The Hall–Kier alpha value is -1.75. The van der Waals surface area contributed by atoms with Crippen molar-refractivity contribution in [1.29, 1.82) is 0 Å². The summed E-state index contributed by atoms with van der Waals surface area (Å²) in [6, 6.07) is 4.23. The number of hydrogen-bond donors (Lipinski definition) is 4. The molecule has 1 aromatic carbocycles. The molecule has 5 heteroatoms. The van der Waals surface area contributed by atoms with Gasteiger partial charge in [-0.25, -0.2) is 0 Å². The Morgan fingerprint density at radius 2 is 1.74 bits per heavy atom. The van der Waals surface area contributed by atoms with Gasteiger partial charge in [0, 0.05) is 17.6 Å². The Labute approximate surface area is 113 Å². The molecule has 5 nitrogen and oxygen atoms in total. The van der Waals surface area contributed by atoms with Crippen molar-refractivity contribution in [3.8, 4) is 11.5 Å². The van der Waals surface area contributed by atoms with Crippen LogP contribution in [0.4, 0.5) is 0 Å². The smallest absolute Gasteiger partial charge is 0.234 e. The van der Waals surface area contributed by atoms with Crippen LogP contribution in [-0.2, 0) is 4.79 Å².